The van der Waals surface area contributed by atoms with E-state index < -0.39 is 5.97 Å². The van der Waals surface area contributed by atoms with E-state index in [4.69, 9.17) is 9.15 Å². The van der Waals surface area contributed by atoms with Gasteiger partial charge in [-0.2, -0.15) is 0 Å². The number of hydrogen-bond donors (Lipinski definition) is 2. The average molecular weight is 366 g/mol. The lowest BCUT2D eigenvalue weighted by molar-refractivity contribution is 0.0527. The topological polar surface area (TPSA) is 106 Å². The van der Waals surface area contributed by atoms with Crippen LogP contribution in [0.1, 0.15) is 33.4 Å². The molecule has 0 aliphatic carbocycles. The first kappa shape index (κ1) is 18.1. The van der Waals surface area contributed by atoms with Gasteiger partial charge < -0.3 is 19.8 Å². The van der Waals surface area contributed by atoms with Crippen LogP contribution in [0.15, 0.2) is 59.5 Å². The summed E-state index contributed by atoms with van der Waals surface area (Å²) in [6.45, 7) is 2.30. The van der Waals surface area contributed by atoms with Crippen molar-refractivity contribution in [3.8, 4) is 0 Å². The van der Waals surface area contributed by atoms with Gasteiger partial charge in [-0.3, -0.25) is 4.79 Å². The zero-order valence-corrected chi connectivity index (χ0v) is 14.6. The van der Waals surface area contributed by atoms with E-state index in [1.54, 1.807) is 49.6 Å². The Kier molecular flexibility index (Phi) is 5.78. The minimum atomic E-state index is -0.436. The van der Waals surface area contributed by atoms with Gasteiger partial charge in [0, 0.05) is 12.4 Å². The van der Waals surface area contributed by atoms with Gasteiger partial charge >= 0.3 is 5.97 Å². The summed E-state index contributed by atoms with van der Waals surface area (Å²) in [6, 6.07) is 10.4. The lowest BCUT2D eigenvalue weighted by Gasteiger charge is -2.10. The summed E-state index contributed by atoms with van der Waals surface area (Å²) in [6.07, 6.45) is 4.35. The van der Waals surface area contributed by atoms with E-state index in [1.807, 2.05) is 0 Å². The number of hydrogen-bond acceptors (Lipinski definition) is 7. The molecule has 138 valence electrons. The SMILES string of the molecule is CCOC(=O)c1ccccc1Nc1ncc(C(=O)NCc2ccco2)cn1. The lowest BCUT2D eigenvalue weighted by Crippen LogP contribution is -2.23. The zero-order valence-electron chi connectivity index (χ0n) is 14.6. The highest BCUT2D eigenvalue weighted by atomic mass is 16.5. The van der Waals surface area contributed by atoms with Crippen molar-refractivity contribution >= 4 is 23.5 Å². The van der Waals surface area contributed by atoms with Gasteiger partial charge in [0.05, 0.1) is 36.2 Å². The third-order valence-electron chi connectivity index (χ3n) is 3.59. The molecule has 1 amide bonds. The van der Waals surface area contributed by atoms with Gasteiger partial charge in [-0.25, -0.2) is 14.8 Å². The fourth-order valence-corrected chi connectivity index (χ4v) is 2.29. The number of nitrogens with zero attached hydrogens (tertiary/aromatic N) is 2. The summed E-state index contributed by atoms with van der Waals surface area (Å²) in [4.78, 5) is 32.4. The average Bonchev–Trinajstić information content (AvgIpc) is 3.21. The summed E-state index contributed by atoms with van der Waals surface area (Å²) < 4.78 is 10.2. The van der Waals surface area contributed by atoms with Crippen LogP contribution in [0.5, 0.6) is 0 Å². The van der Waals surface area contributed by atoms with Gasteiger partial charge in [-0.05, 0) is 31.2 Å². The number of nitrogens with one attached hydrogen (secondary N) is 2. The normalized spacial score (nSPS) is 10.3. The van der Waals surface area contributed by atoms with E-state index in [9.17, 15) is 9.59 Å². The molecule has 2 N–H and O–H groups in total. The molecule has 0 radical (unpaired) electrons. The minimum Gasteiger partial charge on any atom is -0.467 e. The Morgan fingerprint density at radius 2 is 1.89 bits per heavy atom. The van der Waals surface area contributed by atoms with Crippen LogP contribution >= 0.6 is 0 Å². The fraction of sp³-hybridized carbons (Fsp3) is 0.158. The Morgan fingerprint density at radius 3 is 2.59 bits per heavy atom. The molecular weight excluding hydrogens is 348 g/mol. The molecule has 0 atom stereocenters. The number of benzene rings is 1. The highest BCUT2D eigenvalue weighted by molar-refractivity contribution is 5.96. The molecule has 0 aliphatic rings. The Balaban J connectivity index is 1.66. The van der Waals surface area contributed by atoms with Crippen LogP contribution < -0.4 is 10.6 Å². The Labute approximate surface area is 155 Å². The second-order valence-corrected chi connectivity index (χ2v) is 5.45. The summed E-state index contributed by atoms with van der Waals surface area (Å²) in [5, 5.41) is 5.68. The summed E-state index contributed by atoms with van der Waals surface area (Å²) in [5.74, 6) is 0.159. The quantitative estimate of drug-likeness (QED) is 0.619. The highest BCUT2D eigenvalue weighted by Crippen LogP contribution is 2.19. The Hall–Kier alpha value is -3.68. The number of carbonyl (C=O) groups is 2. The summed E-state index contributed by atoms with van der Waals surface area (Å²) in [7, 11) is 0. The maximum absolute atomic E-state index is 12.1. The molecule has 3 rings (SSSR count). The molecule has 0 spiro atoms. The van der Waals surface area contributed by atoms with Gasteiger partial charge in [-0.1, -0.05) is 12.1 Å². The Morgan fingerprint density at radius 1 is 1.11 bits per heavy atom. The number of anilines is 2. The molecule has 0 bridgehead atoms. The number of esters is 1. The van der Waals surface area contributed by atoms with E-state index in [0.29, 0.717) is 22.6 Å². The smallest absolute Gasteiger partial charge is 0.340 e. The standard InChI is InChI=1S/C19H18N4O4/c1-2-26-18(25)15-7-3-4-8-16(15)23-19-21-10-13(11-22-19)17(24)20-12-14-6-5-9-27-14/h3-11H,2,12H2,1H3,(H,20,24)(H,21,22,23). The Bertz CT molecular complexity index is 908. The molecule has 2 aromatic heterocycles. The van der Waals surface area contributed by atoms with Crippen molar-refractivity contribution in [3.05, 3.63) is 71.9 Å². The molecule has 0 saturated heterocycles. The van der Waals surface area contributed by atoms with Crippen LogP contribution in [0.3, 0.4) is 0 Å². The molecule has 0 aliphatic heterocycles. The highest BCUT2D eigenvalue weighted by Gasteiger charge is 2.13. The largest absolute Gasteiger partial charge is 0.467 e. The van der Waals surface area contributed by atoms with Gasteiger partial charge in [0.1, 0.15) is 5.76 Å². The predicted octanol–water partition coefficient (Wildman–Crippen LogP) is 2.92. The third kappa shape index (κ3) is 4.69. The molecular formula is C19H18N4O4. The number of carbonyl (C=O) groups excluding carboxylic acids is 2. The number of furan rings is 1. The van der Waals surface area contributed by atoms with Gasteiger partial charge in [-0.15, -0.1) is 0 Å². The zero-order chi connectivity index (χ0) is 19.1. The number of ether oxygens (including phenoxy) is 1. The molecule has 1 aromatic carbocycles. The van der Waals surface area contributed by atoms with Gasteiger partial charge in [0.25, 0.3) is 5.91 Å². The first-order valence-electron chi connectivity index (χ1n) is 8.33. The molecule has 0 fully saturated rings. The monoisotopic (exact) mass is 366 g/mol. The predicted molar refractivity (Wildman–Crippen MR) is 97.6 cm³/mol. The van der Waals surface area contributed by atoms with Crippen LogP contribution in [-0.4, -0.2) is 28.5 Å². The molecule has 0 unspecified atom stereocenters. The van der Waals surface area contributed by atoms with Crippen LogP contribution in [0.25, 0.3) is 0 Å². The first-order chi connectivity index (χ1) is 13.2. The summed E-state index contributed by atoms with van der Waals surface area (Å²) >= 11 is 0. The molecule has 0 saturated carbocycles. The van der Waals surface area contributed by atoms with E-state index >= 15 is 0 Å². The number of para-hydroxylation sites is 1. The van der Waals surface area contributed by atoms with Crippen molar-refractivity contribution in [1.29, 1.82) is 0 Å². The minimum absolute atomic E-state index is 0.259. The van der Waals surface area contributed by atoms with Gasteiger partial charge in [0.15, 0.2) is 0 Å². The van der Waals surface area contributed by atoms with Crippen LogP contribution in [0.4, 0.5) is 11.6 Å². The number of aromatic nitrogens is 2. The first-order valence-corrected chi connectivity index (χ1v) is 8.33. The van der Waals surface area contributed by atoms with E-state index in [2.05, 4.69) is 20.6 Å². The molecule has 8 heteroatoms. The van der Waals surface area contributed by atoms with Crippen molar-refractivity contribution in [2.45, 2.75) is 13.5 Å². The summed E-state index contributed by atoms with van der Waals surface area (Å²) in [5.41, 5.74) is 1.21. The van der Waals surface area contributed by atoms with Crippen molar-refractivity contribution in [3.63, 3.8) is 0 Å². The second-order valence-electron chi connectivity index (χ2n) is 5.45. The lowest BCUT2D eigenvalue weighted by atomic mass is 10.2. The second kappa shape index (κ2) is 8.61. The van der Waals surface area contributed by atoms with Crippen molar-refractivity contribution in [2.75, 3.05) is 11.9 Å². The van der Waals surface area contributed by atoms with E-state index in [1.165, 1.54) is 12.4 Å². The molecule has 8 nitrogen and oxygen atoms in total. The maximum atomic E-state index is 12.1. The van der Waals surface area contributed by atoms with Crippen molar-refractivity contribution in [1.82, 2.24) is 15.3 Å². The fourth-order valence-electron chi connectivity index (χ4n) is 2.29. The molecule has 2 heterocycles. The van der Waals surface area contributed by atoms with Gasteiger partial charge in [0.2, 0.25) is 5.95 Å². The van der Waals surface area contributed by atoms with Crippen molar-refractivity contribution in [2.24, 2.45) is 0 Å². The van der Waals surface area contributed by atoms with E-state index in [0.717, 1.165) is 0 Å². The molecule has 3 aromatic rings. The van der Waals surface area contributed by atoms with Crippen molar-refractivity contribution < 1.29 is 18.7 Å². The molecule has 27 heavy (non-hydrogen) atoms. The van der Waals surface area contributed by atoms with Crippen LogP contribution in [0, 0.1) is 0 Å². The third-order valence-corrected chi connectivity index (χ3v) is 3.59. The van der Waals surface area contributed by atoms with E-state index in [-0.39, 0.29) is 25.0 Å². The number of rotatable bonds is 7. The number of amides is 1. The maximum Gasteiger partial charge on any atom is 0.340 e. The van der Waals surface area contributed by atoms with Crippen LogP contribution in [0.2, 0.25) is 0 Å². The van der Waals surface area contributed by atoms with Crippen LogP contribution in [-0.2, 0) is 11.3 Å².